The van der Waals surface area contributed by atoms with Crippen LogP contribution in [0.25, 0.3) is 0 Å². The van der Waals surface area contributed by atoms with Crippen LogP contribution in [0, 0.1) is 5.92 Å². The van der Waals surface area contributed by atoms with Gasteiger partial charge in [0, 0.05) is 32.1 Å². The van der Waals surface area contributed by atoms with Gasteiger partial charge in [-0.1, -0.05) is 0 Å². The lowest BCUT2D eigenvalue weighted by molar-refractivity contribution is -0.157. The molecule has 1 N–H and O–H groups in total. The van der Waals surface area contributed by atoms with Gasteiger partial charge < -0.3 is 15.1 Å². The summed E-state index contributed by atoms with van der Waals surface area (Å²) in [4.78, 5) is 26.5. The van der Waals surface area contributed by atoms with Gasteiger partial charge in [0.2, 0.25) is 11.8 Å². The number of likely N-dealkylation sites (tertiary alicyclic amines) is 2. The van der Waals surface area contributed by atoms with Crippen LogP contribution in [0.3, 0.4) is 0 Å². The fourth-order valence-electron chi connectivity index (χ4n) is 3.12. The molecule has 2 heterocycles. The Balaban J connectivity index is 1.96. The summed E-state index contributed by atoms with van der Waals surface area (Å²) in [5.74, 6) is -1.42. The van der Waals surface area contributed by atoms with E-state index in [1.165, 1.54) is 0 Å². The average Bonchev–Trinajstić information content (AvgIpc) is 2.95. The quantitative estimate of drug-likeness (QED) is 0.828. The lowest BCUT2D eigenvalue weighted by atomic mass is 10.1. The molecule has 0 saturated carbocycles. The van der Waals surface area contributed by atoms with E-state index < -0.39 is 24.5 Å². The second kappa shape index (κ2) is 6.21. The highest BCUT2D eigenvalue weighted by molar-refractivity contribution is 5.89. The fraction of sp³-hybridized carbons (Fsp3) is 0.846. The van der Waals surface area contributed by atoms with Crippen LogP contribution in [0.2, 0.25) is 0 Å². The van der Waals surface area contributed by atoms with Crippen molar-refractivity contribution >= 4 is 11.8 Å². The normalized spacial score (nSPS) is 26.8. The Morgan fingerprint density at radius 1 is 1.43 bits per heavy atom. The van der Waals surface area contributed by atoms with Crippen molar-refractivity contribution in [3.05, 3.63) is 0 Å². The fourth-order valence-corrected chi connectivity index (χ4v) is 3.12. The minimum absolute atomic E-state index is 0.0780. The highest BCUT2D eigenvalue weighted by Gasteiger charge is 2.43. The highest BCUT2D eigenvalue weighted by atomic mass is 19.4. The van der Waals surface area contributed by atoms with E-state index in [1.54, 1.807) is 11.9 Å². The number of hydrogen-bond donors (Lipinski definition) is 1. The Morgan fingerprint density at radius 2 is 2.14 bits per heavy atom. The molecule has 120 valence electrons. The summed E-state index contributed by atoms with van der Waals surface area (Å²) < 4.78 is 37.1. The minimum atomic E-state index is -4.42. The highest BCUT2D eigenvalue weighted by Crippen LogP contribution is 2.27. The van der Waals surface area contributed by atoms with Gasteiger partial charge in [0.25, 0.3) is 0 Å². The number of likely N-dealkylation sites (N-methyl/N-ethyl adjacent to an activating group) is 1. The first-order valence-corrected chi connectivity index (χ1v) is 7.11. The van der Waals surface area contributed by atoms with Crippen LogP contribution in [-0.4, -0.2) is 67.1 Å². The monoisotopic (exact) mass is 307 g/mol. The molecule has 2 fully saturated rings. The average molecular weight is 307 g/mol. The van der Waals surface area contributed by atoms with Gasteiger partial charge in [-0.25, -0.2) is 0 Å². The number of carbonyl (C=O) groups excluding carboxylic acids is 2. The molecule has 0 bridgehead atoms. The standard InChI is InChI=1S/C13H20F3N3O2/c1-17-6-10-3-2-4-19(10)12(21)9-5-11(20)18(7-9)8-13(14,15)16/h9-10,17H,2-8H2,1H3/t9-,10+/m0/s1. The van der Waals surface area contributed by atoms with Crippen molar-refractivity contribution in [2.24, 2.45) is 5.92 Å². The molecule has 2 atom stereocenters. The summed E-state index contributed by atoms with van der Waals surface area (Å²) in [6.45, 7) is -0.108. The van der Waals surface area contributed by atoms with Gasteiger partial charge >= 0.3 is 6.18 Å². The third-order valence-electron chi connectivity index (χ3n) is 4.03. The number of halogens is 3. The van der Waals surface area contributed by atoms with Gasteiger partial charge in [-0.3, -0.25) is 9.59 Å². The smallest absolute Gasteiger partial charge is 0.338 e. The molecule has 0 radical (unpaired) electrons. The maximum atomic E-state index is 12.4. The topological polar surface area (TPSA) is 52.7 Å². The molecule has 5 nitrogen and oxygen atoms in total. The molecule has 8 heteroatoms. The zero-order valence-electron chi connectivity index (χ0n) is 11.9. The minimum Gasteiger partial charge on any atom is -0.338 e. The Morgan fingerprint density at radius 3 is 2.76 bits per heavy atom. The van der Waals surface area contributed by atoms with Crippen molar-refractivity contribution in [1.82, 2.24) is 15.1 Å². The number of hydrogen-bond acceptors (Lipinski definition) is 3. The molecule has 21 heavy (non-hydrogen) atoms. The number of amides is 2. The first-order chi connectivity index (χ1) is 9.81. The molecule has 2 aliphatic heterocycles. The van der Waals surface area contributed by atoms with Gasteiger partial charge in [-0.15, -0.1) is 0 Å². The van der Waals surface area contributed by atoms with Crippen molar-refractivity contribution in [2.75, 3.05) is 33.2 Å². The Hall–Kier alpha value is -1.31. The second-order valence-electron chi connectivity index (χ2n) is 5.68. The molecule has 2 amide bonds. The summed E-state index contributed by atoms with van der Waals surface area (Å²) >= 11 is 0. The number of rotatable bonds is 4. The Bertz CT molecular complexity index is 414. The predicted molar refractivity (Wildman–Crippen MR) is 69.4 cm³/mol. The molecule has 2 rings (SSSR count). The van der Waals surface area contributed by atoms with E-state index in [0.717, 1.165) is 17.7 Å². The zero-order chi connectivity index (χ0) is 15.6. The Labute approximate surface area is 121 Å². The van der Waals surface area contributed by atoms with E-state index in [2.05, 4.69) is 5.32 Å². The van der Waals surface area contributed by atoms with Crippen LogP contribution in [0.15, 0.2) is 0 Å². The number of nitrogens with zero attached hydrogens (tertiary/aromatic N) is 2. The van der Waals surface area contributed by atoms with Crippen LogP contribution in [0.5, 0.6) is 0 Å². The molecule has 0 aromatic carbocycles. The molecule has 0 spiro atoms. The van der Waals surface area contributed by atoms with Crippen LogP contribution in [-0.2, 0) is 9.59 Å². The lowest BCUT2D eigenvalue weighted by Gasteiger charge is -2.27. The number of alkyl halides is 3. The van der Waals surface area contributed by atoms with Crippen LogP contribution < -0.4 is 5.32 Å². The maximum absolute atomic E-state index is 12.4. The van der Waals surface area contributed by atoms with Crippen LogP contribution in [0.4, 0.5) is 13.2 Å². The summed E-state index contributed by atoms with van der Waals surface area (Å²) in [5.41, 5.74) is 0. The summed E-state index contributed by atoms with van der Waals surface area (Å²) in [5, 5.41) is 3.01. The second-order valence-corrected chi connectivity index (χ2v) is 5.68. The molecular formula is C13H20F3N3O2. The Kier molecular flexibility index (Phi) is 4.75. The summed E-state index contributed by atoms with van der Waals surface area (Å²) in [6, 6.07) is 0.0780. The van der Waals surface area contributed by atoms with Gasteiger partial charge in [0.1, 0.15) is 6.54 Å². The van der Waals surface area contributed by atoms with Crippen molar-refractivity contribution in [2.45, 2.75) is 31.5 Å². The first kappa shape index (κ1) is 16.1. The van der Waals surface area contributed by atoms with Crippen molar-refractivity contribution in [3.63, 3.8) is 0 Å². The molecule has 0 aromatic heterocycles. The number of carbonyl (C=O) groups is 2. The van der Waals surface area contributed by atoms with E-state index in [-0.39, 0.29) is 24.9 Å². The van der Waals surface area contributed by atoms with E-state index >= 15 is 0 Å². The van der Waals surface area contributed by atoms with Gasteiger partial charge in [0.05, 0.1) is 5.92 Å². The maximum Gasteiger partial charge on any atom is 0.406 e. The van der Waals surface area contributed by atoms with E-state index in [9.17, 15) is 22.8 Å². The zero-order valence-corrected chi connectivity index (χ0v) is 11.9. The van der Waals surface area contributed by atoms with Gasteiger partial charge in [-0.2, -0.15) is 13.2 Å². The van der Waals surface area contributed by atoms with Gasteiger partial charge in [-0.05, 0) is 19.9 Å². The van der Waals surface area contributed by atoms with Crippen molar-refractivity contribution in [1.29, 1.82) is 0 Å². The number of nitrogens with one attached hydrogen (secondary N) is 1. The largest absolute Gasteiger partial charge is 0.406 e. The molecule has 0 unspecified atom stereocenters. The SMILES string of the molecule is CNC[C@H]1CCCN1C(=O)[C@H]1CC(=O)N(CC(F)(F)F)C1. The molecule has 2 saturated heterocycles. The van der Waals surface area contributed by atoms with E-state index in [1.807, 2.05) is 0 Å². The van der Waals surface area contributed by atoms with Crippen LogP contribution in [0.1, 0.15) is 19.3 Å². The van der Waals surface area contributed by atoms with Gasteiger partial charge in [0.15, 0.2) is 0 Å². The third kappa shape index (κ3) is 3.87. The first-order valence-electron chi connectivity index (χ1n) is 7.11. The van der Waals surface area contributed by atoms with E-state index in [4.69, 9.17) is 0 Å². The van der Waals surface area contributed by atoms with Crippen LogP contribution >= 0.6 is 0 Å². The molecule has 0 aromatic rings. The summed E-state index contributed by atoms with van der Waals surface area (Å²) in [6.07, 6.45) is -2.75. The molecular weight excluding hydrogens is 287 g/mol. The van der Waals surface area contributed by atoms with Crippen molar-refractivity contribution < 1.29 is 22.8 Å². The van der Waals surface area contributed by atoms with E-state index in [0.29, 0.717) is 13.1 Å². The molecule has 2 aliphatic rings. The lowest BCUT2D eigenvalue weighted by Crippen LogP contribution is -2.44. The molecule has 0 aliphatic carbocycles. The van der Waals surface area contributed by atoms with Crippen molar-refractivity contribution in [3.8, 4) is 0 Å². The predicted octanol–water partition coefficient (Wildman–Crippen LogP) is 0.608. The summed E-state index contributed by atoms with van der Waals surface area (Å²) in [7, 11) is 1.80. The third-order valence-corrected chi connectivity index (χ3v) is 4.03.